The molecule has 0 spiro atoms. The lowest BCUT2D eigenvalue weighted by atomic mass is 10.2. The van der Waals surface area contributed by atoms with Crippen LogP contribution in [0, 0.1) is 13.8 Å². The van der Waals surface area contributed by atoms with Crippen LogP contribution >= 0.6 is 11.3 Å². The van der Waals surface area contributed by atoms with Crippen molar-refractivity contribution in [2.45, 2.75) is 26.9 Å². The van der Waals surface area contributed by atoms with E-state index in [1.54, 1.807) is 18.4 Å². The number of nitrogens with zero attached hydrogens (tertiary/aromatic N) is 2. The van der Waals surface area contributed by atoms with Crippen LogP contribution in [0.4, 0.5) is 5.82 Å². The molecule has 0 radical (unpaired) electrons. The Hall–Kier alpha value is -2.22. The van der Waals surface area contributed by atoms with E-state index in [1.807, 2.05) is 12.1 Å². The van der Waals surface area contributed by atoms with Crippen molar-refractivity contribution in [1.29, 1.82) is 0 Å². The summed E-state index contributed by atoms with van der Waals surface area (Å²) in [4.78, 5) is 13.7. The Bertz CT molecular complexity index is 949. The Kier molecular flexibility index (Phi) is 5.75. The molecule has 0 aliphatic carbocycles. The lowest BCUT2D eigenvalue weighted by Crippen LogP contribution is -3.12. The molecule has 3 aromatic rings. The van der Waals surface area contributed by atoms with Gasteiger partial charge in [-0.15, -0.1) is 11.3 Å². The first-order valence-electron chi connectivity index (χ1n) is 9.69. The summed E-state index contributed by atoms with van der Waals surface area (Å²) in [7, 11) is 1.69. The number of quaternary nitrogens is 1. The average Bonchev–Trinajstić information content (AvgIpc) is 3.01. The Morgan fingerprint density at radius 1 is 1.14 bits per heavy atom. The third-order valence-electron chi connectivity index (χ3n) is 5.30. The molecule has 6 nitrogen and oxygen atoms in total. The molecular weight excluding hydrogens is 372 g/mol. The Morgan fingerprint density at radius 2 is 1.89 bits per heavy atom. The summed E-state index contributed by atoms with van der Waals surface area (Å²) in [6, 6.07) is 8.13. The summed E-state index contributed by atoms with van der Waals surface area (Å²) >= 11 is 1.75. The summed E-state index contributed by atoms with van der Waals surface area (Å²) < 4.78 is 10.7. The number of fused-ring (bicyclic) bond motifs is 1. The highest BCUT2D eigenvalue weighted by Crippen LogP contribution is 2.33. The largest absolute Gasteiger partial charge is 0.497 e. The summed E-state index contributed by atoms with van der Waals surface area (Å²) in [5.41, 5.74) is 2.46. The fraction of sp³-hybridized carbons (Fsp3) is 0.429. The van der Waals surface area contributed by atoms with Gasteiger partial charge in [0.05, 0.1) is 25.7 Å². The van der Waals surface area contributed by atoms with Crippen LogP contribution in [0.1, 0.15) is 21.8 Å². The molecular formula is C21H27N4O2S+. The van der Waals surface area contributed by atoms with E-state index in [0.717, 1.165) is 60.5 Å². The van der Waals surface area contributed by atoms with E-state index in [0.29, 0.717) is 6.54 Å². The van der Waals surface area contributed by atoms with Crippen molar-refractivity contribution in [3.63, 3.8) is 0 Å². The Labute approximate surface area is 169 Å². The fourth-order valence-corrected chi connectivity index (χ4v) is 4.54. The van der Waals surface area contributed by atoms with Crippen molar-refractivity contribution in [3.05, 3.63) is 46.1 Å². The van der Waals surface area contributed by atoms with Crippen LogP contribution in [-0.2, 0) is 17.8 Å². The van der Waals surface area contributed by atoms with Gasteiger partial charge >= 0.3 is 0 Å². The molecule has 2 aromatic heterocycles. The van der Waals surface area contributed by atoms with E-state index in [-0.39, 0.29) is 0 Å². The molecule has 1 aliphatic heterocycles. The van der Waals surface area contributed by atoms with Gasteiger partial charge in [-0.3, -0.25) is 0 Å². The maximum atomic E-state index is 5.47. The molecule has 0 saturated carbocycles. The molecule has 148 valence electrons. The van der Waals surface area contributed by atoms with Crippen LogP contribution in [0.2, 0.25) is 0 Å². The maximum absolute atomic E-state index is 5.47. The number of anilines is 1. The number of aryl methyl sites for hydroxylation is 2. The monoisotopic (exact) mass is 399 g/mol. The minimum absolute atomic E-state index is 0.717. The highest BCUT2D eigenvalue weighted by molar-refractivity contribution is 7.18. The standard InChI is InChI=1S/C21H26N4O2S/c1-14-15(2)28-21-19(14)20(22-12-16-4-6-17(26-3)7-5-16)23-18(24-21)13-25-8-10-27-11-9-25/h4-7H,8-13H2,1-3H3,(H,22,23,24)/p+1. The lowest BCUT2D eigenvalue weighted by Gasteiger charge is -2.23. The fourth-order valence-electron chi connectivity index (χ4n) is 3.49. The summed E-state index contributed by atoms with van der Waals surface area (Å²) in [6.45, 7) is 9.53. The normalized spacial score (nSPS) is 15.1. The van der Waals surface area contributed by atoms with Gasteiger partial charge in [-0.05, 0) is 37.1 Å². The average molecular weight is 400 g/mol. The molecule has 0 atom stereocenters. The highest BCUT2D eigenvalue weighted by Gasteiger charge is 2.19. The third kappa shape index (κ3) is 4.11. The van der Waals surface area contributed by atoms with Crippen molar-refractivity contribution >= 4 is 27.4 Å². The minimum Gasteiger partial charge on any atom is -0.497 e. The van der Waals surface area contributed by atoms with Gasteiger partial charge in [0.15, 0.2) is 5.82 Å². The van der Waals surface area contributed by atoms with Gasteiger partial charge in [0, 0.05) is 11.4 Å². The number of morpholine rings is 1. The van der Waals surface area contributed by atoms with E-state index < -0.39 is 0 Å². The van der Waals surface area contributed by atoms with Crippen molar-refractivity contribution in [2.75, 3.05) is 38.7 Å². The van der Waals surface area contributed by atoms with Gasteiger partial charge in [-0.1, -0.05) is 12.1 Å². The molecule has 0 amide bonds. The van der Waals surface area contributed by atoms with Crippen molar-refractivity contribution in [3.8, 4) is 5.75 Å². The number of nitrogens with one attached hydrogen (secondary N) is 2. The maximum Gasteiger partial charge on any atom is 0.187 e. The molecule has 1 aliphatic rings. The van der Waals surface area contributed by atoms with Crippen LogP contribution in [-0.4, -0.2) is 43.4 Å². The van der Waals surface area contributed by atoms with Crippen molar-refractivity contribution < 1.29 is 14.4 Å². The molecule has 28 heavy (non-hydrogen) atoms. The number of aromatic nitrogens is 2. The van der Waals surface area contributed by atoms with Gasteiger partial charge in [-0.25, -0.2) is 9.97 Å². The SMILES string of the molecule is COc1ccc(CNc2nc(C[NH+]3CCOCC3)nc3sc(C)c(C)c23)cc1. The number of ether oxygens (including phenoxy) is 2. The molecule has 2 N–H and O–H groups in total. The zero-order valence-corrected chi connectivity index (χ0v) is 17.5. The van der Waals surface area contributed by atoms with Crippen molar-refractivity contribution in [2.24, 2.45) is 0 Å². The molecule has 4 rings (SSSR count). The Balaban J connectivity index is 1.60. The van der Waals surface area contributed by atoms with Crippen LogP contribution in [0.5, 0.6) is 5.75 Å². The first-order chi connectivity index (χ1) is 13.6. The van der Waals surface area contributed by atoms with Gasteiger partial charge in [0.2, 0.25) is 0 Å². The summed E-state index contributed by atoms with van der Waals surface area (Å²) in [6.07, 6.45) is 0. The van der Waals surface area contributed by atoms with Gasteiger partial charge in [0.25, 0.3) is 0 Å². The highest BCUT2D eigenvalue weighted by atomic mass is 32.1. The van der Waals surface area contributed by atoms with E-state index >= 15 is 0 Å². The number of thiophene rings is 1. The van der Waals surface area contributed by atoms with Gasteiger partial charge < -0.3 is 19.7 Å². The second kappa shape index (κ2) is 8.43. The first-order valence-corrected chi connectivity index (χ1v) is 10.5. The molecule has 1 aromatic carbocycles. The summed E-state index contributed by atoms with van der Waals surface area (Å²) in [5, 5.41) is 4.70. The number of rotatable bonds is 6. The van der Waals surface area contributed by atoms with Crippen molar-refractivity contribution in [1.82, 2.24) is 9.97 Å². The van der Waals surface area contributed by atoms with Gasteiger partial charge in [-0.2, -0.15) is 0 Å². The number of benzene rings is 1. The lowest BCUT2D eigenvalue weighted by molar-refractivity contribution is -0.922. The second-order valence-corrected chi connectivity index (χ2v) is 8.40. The number of hydrogen-bond donors (Lipinski definition) is 2. The van der Waals surface area contributed by atoms with E-state index in [9.17, 15) is 0 Å². The first kappa shape index (κ1) is 19.1. The molecule has 3 heterocycles. The molecule has 0 unspecified atom stereocenters. The predicted molar refractivity (Wildman–Crippen MR) is 112 cm³/mol. The second-order valence-electron chi connectivity index (χ2n) is 7.19. The van der Waals surface area contributed by atoms with E-state index in [1.165, 1.54) is 20.9 Å². The van der Waals surface area contributed by atoms with Crippen LogP contribution < -0.4 is 15.0 Å². The Morgan fingerprint density at radius 3 is 2.61 bits per heavy atom. The quantitative estimate of drug-likeness (QED) is 0.666. The van der Waals surface area contributed by atoms with Crippen LogP contribution in [0.25, 0.3) is 10.2 Å². The van der Waals surface area contributed by atoms with E-state index in [2.05, 4.69) is 31.3 Å². The molecule has 7 heteroatoms. The minimum atomic E-state index is 0.717. The third-order valence-corrected chi connectivity index (χ3v) is 6.40. The number of hydrogen-bond acceptors (Lipinski definition) is 6. The predicted octanol–water partition coefficient (Wildman–Crippen LogP) is 2.34. The van der Waals surface area contributed by atoms with Crippen LogP contribution in [0.3, 0.4) is 0 Å². The topological polar surface area (TPSA) is 60.7 Å². The molecule has 0 bridgehead atoms. The zero-order valence-electron chi connectivity index (χ0n) is 16.7. The molecule has 1 fully saturated rings. The number of methoxy groups -OCH3 is 1. The zero-order chi connectivity index (χ0) is 19.5. The van der Waals surface area contributed by atoms with Gasteiger partial charge in [0.1, 0.15) is 36.0 Å². The molecule has 1 saturated heterocycles. The van der Waals surface area contributed by atoms with Crippen LogP contribution in [0.15, 0.2) is 24.3 Å². The summed E-state index contributed by atoms with van der Waals surface area (Å²) in [5.74, 6) is 2.71. The van der Waals surface area contributed by atoms with E-state index in [4.69, 9.17) is 19.4 Å². The smallest absolute Gasteiger partial charge is 0.187 e.